The Hall–Kier alpha value is -3.84. The zero-order chi connectivity index (χ0) is 21.6. The number of hydrogen-bond donors (Lipinski definition) is 1. The Morgan fingerprint density at radius 3 is 2.52 bits per heavy atom. The van der Waals surface area contributed by atoms with Gasteiger partial charge in [0.2, 0.25) is 5.71 Å². The summed E-state index contributed by atoms with van der Waals surface area (Å²) < 4.78 is 0. The first-order valence-electron chi connectivity index (χ1n) is 10.0. The number of aryl methyl sites for hydroxylation is 1. The van der Waals surface area contributed by atoms with Crippen molar-refractivity contribution in [1.29, 1.82) is 0 Å². The third kappa shape index (κ3) is 3.29. The van der Waals surface area contributed by atoms with Gasteiger partial charge in [0.15, 0.2) is 5.72 Å². The molecular weight excluding hydrogens is 392 g/mol. The lowest BCUT2D eigenvalue weighted by atomic mass is 9.99. The van der Waals surface area contributed by atoms with Crippen LogP contribution in [0.15, 0.2) is 89.2 Å². The number of hydroxylamine groups is 1. The van der Waals surface area contributed by atoms with Crippen molar-refractivity contribution >= 4 is 22.8 Å². The highest BCUT2D eigenvalue weighted by atomic mass is 16.8. The minimum Gasteiger partial charge on any atom is -0.612 e. The number of allylic oxidation sites excluding steroid dienone is 5. The second-order valence-corrected chi connectivity index (χ2v) is 7.96. The molecule has 0 spiro atoms. The number of rotatable bonds is 1. The molecule has 1 fully saturated rings. The summed E-state index contributed by atoms with van der Waals surface area (Å²) in [5, 5.41) is 22.1. The molecule has 2 heterocycles. The first kappa shape index (κ1) is 19.1. The van der Waals surface area contributed by atoms with Crippen molar-refractivity contribution < 1.29 is 9.74 Å². The maximum Gasteiger partial charge on any atom is 0.222 e. The molecule has 7 nitrogen and oxygen atoms in total. The highest BCUT2D eigenvalue weighted by Crippen LogP contribution is 2.45. The van der Waals surface area contributed by atoms with Crippen LogP contribution in [-0.4, -0.2) is 22.1 Å². The van der Waals surface area contributed by atoms with Gasteiger partial charge in [0.1, 0.15) is 5.82 Å². The van der Waals surface area contributed by atoms with E-state index in [1.54, 1.807) is 12.2 Å². The van der Waals surface area contributed by atoms with Gasteiger partial charge < -0.3 is 10.4 Å². The Balaban J connectivity index is 1.66. The van der Waals surface area contributed by atoms with E-state index >= 15 is 0 Å². The van der Waals surface area contributed by atoms with E-state index in [4.69, 9.17) is 9.83 Å². The smallest absolute Gasteiger partial charge is 0.222 e. The van der Waals surface area contributed by atoms with E-state index in [0.717, 1.165) is 39.6 Å². The van der Waals surface area contributed by atoms with E-state index in [1.807, 2.05) is 44.2 Å². The van der Waals surface area contributed by atoms with Crippen molar-refractivity contribution in [1.82, 2.24) is 5.48 Å². The number of fused-ring (bicyclic) bond motifs is 3. The van der Waals surface area contributed by atoms with Crippen LogP contribution in [0.3, 0.4) is 0 Å². The lowest BCUT2D eigenvalue weighted by molar-refractivity contribution is -0.377. The van der Waals surface area contributed by atoms with E-state index in [-0.39, 0.29) is 5.71 Å². The van der Waals surface area contributed by atoms with Crippen LogP contribution in [-0.2, 0) is 4.84 Å². The summed E-state index contributed by atoms with van der Waals surface area (Å²) in [6.07, 6.45) is 7.01. The van der Waals surface area contributed by atoms with Crippen molar-refractivity contribution in [2.45, 2.75) is 26.0 Å². The predicted octanol–water partition coefficient (Wildman–Crippen LogP) is 4.36. The normalized spacial score (nSPS) is 21.9. The molecule has 1 saturated heterocycles. The molecule has 2 aromatic carbocycles. The zero-order valence-corrected chi connectivity index (χ0v) is 17.2. The van der Waals surface area contributed by atoms with Crippen LogP contribution in [0.2, 0.25) is 0 Å². The number of nitrogens with zero attached hydrogens (tertiary/aromatic N) is 3. The van der Waals surface area contributed by atoms with Crippen LogP contribution in [0.5, 0.6) is 0 Å². The molecule has 2 aliphatic heterocycles. The summed E-state index contributed by atoms with van der Waals surface area (Å²) >= 11 is 0. The Kier molecular flexibility index (Phi) is 4.41. The predicted molar refractivity (Wildman–Crippen MR) is 121 cm³/mol. The van der Waals surface area contributed by atoms with Gasteiger partial charge in [-0.1, -0.05) is 36.4 Å². The summed E-state index contributed by atoms with van der Waals surface area (Å²) in [6.45, 7) is 4.06. The van der Waals surface area contributed by atoms with Crippen molar-refractivity contribution in [3.8, 4) is 0 Å². The van der Waals surface area contributed by atoms with E-state index in [9.17, 15) is 10.4 Å². The fourth-order valence-electron chi connectivity index (χ4n) is 4.11. The van der Waals surface area contributed by atoms with Gasteiger partial charge in [-0.3, -0.25) is 9.89 Å². The van der Waals surface area contributed by atoms with Gasteiger partial charge in [-0.2, -0.15) is 4.90 Å². The Labute approximate surface area is 180 Å². The molecule has 0 saturated carbocycles. The van der Waals surface area contributed by atoms with Crippen LogP contribution in [0.4, 0.5) is 11.4 Å². The Bertz CT molecular complexity index is 1190. The van der Waals surface area contributed by atoms with Gasteiger partial charge in [0.25, 0.3) is 0 Å². The number of aliphatic imine (C=N–C) groups is 1. The molecule has 1 aliphatic carbocycles. The molecule has 1 atom stereocenters. The zero-order valence-electron chi connectivity index (χ0n) is 17.2. The molecule has 0 aromatic heterocycles. The fourth-order valence-corrected chi connectivity index (χ4v) is 4.11. The largest absolute Gasteiger partial charge is 0.612 e. The minimum absolute atomic E-state index is 0.0487. The molecule has 3 aliphatic rings. The average Bonchev–Trinajstić information content (AvgIpc) is 3.04. The number of hydrogen-bond acceptors (Lipinski definition) is 6. The number of anilines is 1. The lowest BCUT2D eigenvalue weighted by Crippen LogP contribution is -2.43. The van der Waals surface area contributed by atoms with Gasteiger partial charge in [-0.05, 0) is 49.3 Å². The van der Waals surface area contributed by atoms with Crippen LogP contribution in [0.1, 0.15) is 24.5 Å². The molecule has 5 rings (SSSR count). The van der Waals surface area contributed by atoms with Crippen molar-refractivity contribution in [2.75, 3.05) is 4.90 Å². The summed E-state index contributed by atoms with van der Waals surface area (Å²) in [7, 11) is 0. The molecule has 31 heavy (non-hydrogen) atoms. The molecule has 2 aromatic rings. The van der Waals surface area contributed by atoms with Crippen LogP contribution in [0.25, 0.3) is 0 Å². The first-order valence-corrected chi connectivity index (χ1v) is 10.0. The quantitative estimate of drug-likeness (QED) is 0.554. The Morgan fingerprint density at radius 1 is 1.06 bits per heavy atom. The lowest BCUT2D eigenvalue weighted by Gasteiger charge is -2.33. The third-order valence-electron chi connectivity index (χ3n) is 5.65. The molecule has 0 amide bonds. The number of nitrogens with one attached hydrogen (secondary N) is 1. The summed E-state index contributed by atoms with van der Waals surface area (Å²) in [4.78, 5) is 12.9. The van der Waals surface area contributed by atoms with Crippen LogP contribution in [0, 0.1) is 17.3 Å². The SMILES string of the molecule is Cc1ccc2c(c1)N=C(c1ccccc1)C[C@]1(C)ONC(=C3C=CC(=[N+]([O-])[O-])C=C3)N21. The molecule has 0 unspecified atom stereocenters. The topological polar surface area (TPSA) is 86.0 Å². The number of benzene rings is 2. The molecule has 156 valence electrons. The van der Waals surface area contributed by atoms with E-state index in [0.29, 0.717) is 6.42 Å². The van der Waals surface area contributed by atoms with Gasteiger partial charge in [-0.15, -0.1) is 0 Å². The molecule has 0 radical (unpaired) electrons. The summed E-state index contributed by atoms with van der Waals surface area (Å²) in [5.74, 6) is 0.729. The molecular formula is C24H21N4O3-. The van der Waals surface area contributed by atoms with Crippen molar-refractivity contribution in [3.05, 3.63) is 106 Å². The maximum atomic E-state index is 11.1. The summed E-state index contributed by atoms with van der Waals surface area (Å²) in [6, 6.07) is 16.3. The summed E-state index contributed by atoms with van der Waals surface area (Å²) in [5.41, 5.74) is 8.06. The standard InChI is InChI=1S/C24H21N4O3/c1-16-8-13-22-20(14-16)25-21(17-6-4-3-5-7-17)15-24(2)27(22)23(26-31-24)18-9-11-19(12-10-18)28(29)30/h3-14,26H,15H2,1-2H3/q-1/t24-/m0/s1. The van der Waals surface area contributed by atoms with Crippen LogP contribution < -0.4 is 10.4 Å². The molecule has 0 bridgehead atoms. The maximum absolute atomic E-state index is 11.1. The molecule has 1 N–H and O–H groups in total. The molecule has 7 heteroatoms. The second kappa shape index (κ2) is 7.14. The van der Waals surface area contributed by atoms with Crippen molar-refractivity contribution in [3.63, 3.8) is 0 Å². The van der Waals surface area contributed by atoms with Crippen LogP contribution >= 0.6 is 0 Å². The third-order valence-corrected chi connectivity index (χ3v) is 5.65. The van der Waals surface area contributed by atoms with Crippen molar-refractivity contribution in [2.24, 2.45) is 4.99 Å². The van der Waals surface area contributed by atoms with E-state index in [2.05, 4.69) is 28.6 Å². The van der Waals surface area contributed by atoms with Gasteiger partial charge in [-0.25, -0.2) is 10.3 Å². The van der Waals surface area contributed by atoms with E-state index < -0.39 is 10.6 Å². The highest BCUT2D eigenvalue weighted by Gasteiger charge is 2.46. The van der Waals surface area contributed by atoms with Gasteiger partial charge >= 0.3 is 0 Å². The first-order chi connectivity index (χ1) is 14.9. The fraction of sp³-hybridized carbons (Fsp3) is 0.167. The minimum atomic E-state index is -0.730. The van der Waals surface area contributed by atoms with E-state index in [1.165, 1.54) is 12.2 Å². The average molecular weight is 413 g/mol. The highest BCUT2D eigenvalue weighted by molar-refractivity contribution is 6.05. The second-order valence-electron chi connectivity index (χ2n) is 7.96. The Morgan fingerprint density at radius 2 is 1.81 bits per heavy atom. The van der Waals surface area contributed by atoms with Gasteiger partial charge in [0, 0.05) is 24.1 Å². The van der Waals surface area contributed by atoms with Gasteiger partial charge in [0.05, 0.1) is 17.1 Å². The monoisotopic (exact) mass is 413 g/mol.